The fourth-order valence-electron chi connectivity index (χ4n) is 2.49. The monoisotopic (exact) mass is 333 g/mol. The largest absolute Gasteiger partial charge is 0.465 e. The number of esters is 1. The Hall–Kier alpha value is -2.62. The number of anilines is 1. The zero-order chi connectivity index (χ0) is 17.9. The zero-order valence-electron chi connectivity index (χ0n) is 13.9. The standard InChI is InChI=1S/C17H20FN3O3/c1-10-13(18)6-11(16(23)24-3)7-14(10)20-8-15(22)21-17(2,9-19)12-4-5-12/h6-7,12,20H,4-5,8H2,1-3H3,(H,21,22). The van der Waals surface area contributed by atoms with E-state index in [9.17, 15) is 19.2 Å². The fourth-order valence-corrected chi connectivity index (χ4v) is 2.49. The lowest BCUT2D eigenvalue weighted by atomic mass is 9.98. The van der Waals surface area contributed by atoms with Gasteiger partial charge in [-0.1, -0.05) is 0 Å². The van der Waals surface area contributed by atoms with Crippen molar-refractivity contribution in [3.63, 3.8) is 0 Å². The van der Waals surface area contributed by atoms with Gasteiger partial charge in [-0.25, -0.2) is 9.18 Å². The molecular weight excluding hydrogens is 313 g/mol. The maximum absolute atomic E-state index is 13.9. The predicted molar refractivity (Wildman–Crippen MR) is 85.9 cm³/mol. The summed E-state index contributed by atoms with van der Waals surface area (Å²) in [7, 11) is 1.21. The molecule has 6 nitrogen and oxygen atoms in total. The van der Waals surface area contributed by atoms with E-state index in [2.05, 4.69) is 21.4 Å². The van der Waals surface area contributed by atoms with E-state index in [0.717, 1.165) is 18.9 Å². The third kappa shape index (κ3) is 3.82. The van der Waals surface area contributed by atoms with Gasteiger partial charge in [0.25, 0.3) is 0 Å². The summed E-state index contributed by atoms with van der Waals surface area (Å²) in [5.41, 5.74) is -0.202. The van der Waals surface area contributed by atoms with Gasteiger partial charge in [0.2, 0.25) is 5.91 Å². The summed E-state index contributed by atoms with van der Waals surface area (Å²) in [6.45, 7) is 3.11. The lowest BCUT2D eigenvalue weighted by molar-refractivity contribution is -0.120. The van der Waals surface area contributed by atoms with Crippen LogP contribution in [-0.2, 0) is 9.53 Å². The van der Waals surface area contributed by atoms with Gasteiger partial charge in [-0.15, -0.1) is 0 Å². The van der Waals surface area contributed by atoms with Crippen LogP contribution >= 0.6 is 0 Å². The number of rotatable bonds is 6. The van der Waals surface area contributed by atoms with Gasteiger partial charge in [-0.05, 0) is 44.7 Å². The fraction of sp³-hybridized carbons (Fsp3) is 0.471. The van der Waals surface area contributed by atoms with Crippen molar-refractivity contribution in [2.24, 2.45) is 5.92 Å². The molecule has 0 bridgehead atoms. The number of hydrogen-bond acceptors (Lipinski definition) is 5. The van der Waals surface area contributed by atoms with Crippen molar-refractivity contribution >= 4 is 17.6 Å². The summed E-state index contributed by atoms with van der Waals surface area (Å²) in [6.07, 6.45) is 1.84. The van der Waals surface area contributed by atoms with Gasteiger partial charge in [-0.3, -0.25) is 4.79 Å². The van der Waals surface area contributed by atoms with E-state index in [-0.39, 0.29) is 23.9 Å². The van der Waals surface area contributed by atoms with E-state index in [1.807, 2.05) is 0 Å². The van der Waals surface area contributed by atoms with Gasteiger partial charge in [0.1, 0.15) is 11.4 Å². The predicted octanol–water partition coefficient (Wildman–Crippen LogP) is 2.14. The third-order valence-electron chi connectivity index (χ3n) is 4.23. The number of amides is 1. The average molecular weight is 333 g/mol. The van der Waals surface area contributed by atoms with Crippen molar-refractivity contribution < 1.29 is 18.7 Å². The summed E-state index contributed by atoms with van der Waals surface area (Å²) < 4.78 is 18.5. The van der Waals surface area contributed by atoms with Crippen molar-refractivity contribution in [2.45, 2.75) is 32.2 Å². The van der Waals surface area contributed by atoms with Crippen LogP contribution < -0.4 is 10.6 Å². The Balaban J connectivity index is 2.06. The second-order valence-corrected chi connectivity index (χ2v) is 6.11. The molecule has 7 heteroatoms. The Morgan fingerprint density at radius 3 is 2.67 bits per heavy atom. The van der Waals surface area contributed by atoms with Crippen LogP contribution in [0.1, 0.15) is 35.7 Å². The van der Waals surface area contributed by atoms with Crippen LogP contribution in [-0.4, -0.2) is 31.1 Å². The van der Waals surface area contributed by atoms with Crippen LogP contribution in [0.3, 0.4) is 0 Å². The first kappa shape index (κ1) is 17.7. The van der Waals surface area contributed by atoms with Gasteiger partial charge >= 0.3 is 5.97 Å². The molecule has 0 radical (unpaired) electrons. The molecule has 2 rings (SSSR count). The van der Waals surface area contributed by atoms with E-state index in [1.54, 1.807) is 13.8 Å². The van der Waals surface area contributed by atoms with Gasteiger partial charge in [0.15, 0.2) is 0 Å². The Morgan fingerprint density at radius 1 is 1.46 bits per heavy atom. The quantitative estimate of drug-likeness (QED) is 0.778. The number of benzene rings is 1. The topological polar surface area (TPSA) is 91.2 Å². The highest BCUT2D eigenvalue weighted by Crippen LogP contribution is 2.39. The highest BCUT2D eigenvalue weighted by molar-refractivity contribution is 5.91. The van der Waals surface area contributed by atoms with Crippen LogP contribution in [0.25, 0.3) is 0 Å². The second kappa shape index (κ2) is 6.87. The summed E-state index contributed by atoms with van der Waals surface area (Å²) in [4.78, 5) is 23.6. The van der Waals surface area contributed by atoms with Crippen molar-refractivity contribution in [1.29, 1.82) is 5.26 Å². The maximum atomic E-state index is 13.9. The molecule has 1 saturated carbocycles. The number of carbonyl (C=O) groups is 2. The van der Waals surface area contributed by atoms with E-state index in [4.69, 9.17) is 0 Å². The molecule has 1 amide bonds. The first-order valence-corrected chi connectivity index (χ1v) is 7.65. The molecule has 1 aromatic carbocycles. The van der Waals surface area contributed by atoms with E-state index < -0.39 is 17.3 Å². The Morgan fingerprint density at radius 2 is 2.12 bits per heavy atom. The second-order valence-electron chi connectivity index (χ2n) is 6.11. The minimum atomic E-state index is -0.882. The van der Waals surface area contributed by atoms with Crippen LogP contribution in [0, 0.1) is 30.0 Å². The molecular formula is C17H20FN3O3. The number of ether oxygens (including phenoxy) is 1. The number of hydrogen-bond donors (Lipinski definition) is 2. The first-order chi connectivity index (χ1) is 11.3. The molecule has 1 atom stereocenters. The highest BCUT2D eigenvalue weighted by atomic mass is 19.1. The SMILES string of the molecule is COC(=O)c1cc(F)c(C)c(NCC(=O)NC(C)(C#N)C2CC2)c1. The molecule has 24 heavy (non-hydrogen) atoms. The van der Waals surface area contributed by atoms with Gasteiger partial charge in [0, 0.05) is 11.3 Å². The number of carbonyl (C=O) groups excluding carboxylic acids is 2. The summed E-state index contributed by atoms with van der Waals surface area (Å²) in [5.74, 6) is -1.42. The summed E-state index contributed by atoms with van der Waals surface area (Å²) >= 11 is 0. The Bertz CT molecular complexity index is 710. The summed E-state index contributed by atoms with van der Waals surface area (Å²) in [6, 6.07) is 4.66. The molecule has 1 fully saturated rings. The third-order valence-corrected chi connectivity index (χ3v) is 4.23. The molecule has 0 heterocycles. The van der Waals surface area contributed by atoms with Crippen LogP contribution in [0.2, 0.25) is 0 Å². The Labute approximate surface area is 140 Å². The Kier molecular flexibility index (Phi) is 5.07. The van der Waals surface area contributed by atoms with E-state index in [0.29, 0.717) is 11.3 Å². The van der Waals surface area contributed by atoms with Gasteiger partial charge in [0.05, 0.1) is 25.3 Å². The van der Waals surface area contributed by atoms with Crippen LogP contribution in [0.4, 0.5) is 10.1 Å². The van der Waals surface area contributed by atoms with Gasteiger partial charge in [-0.2, -0.15) is 5.26 Å². The number of nitriles is 1. The molecule has 1 aliphatic rings. The smallest absolute Gasteiger partial charge is 0.338 e. The minimum absolute atomic E-state index is 0.0587. The van der Waals surface area contributed by atoms with Crippen molar-refractivity contribution in [3.8, 4) is 6.07 Å². The summed E-state index contributed by atoms with van der Waals surface area (Å²) in [5, 5.41) is 14.8. The minimum Gasteiger partial charge on any atom is -0.465 e. The van der Waals surface area contributed by atoms with Crippen molar-refractivity contribution in [3.05, 3.63) is 29.1 Å². The highest BCUT2D eigenvalue weighted by Gasteiger charge is 2.42. The zero-order valence-corrected chi connectivity index (χ0v) is 13.9. The number of methoxy groups -OCH3 is 1. The maximum Gasteiger partial charge on any atom is 0.338 e. The van der Waals surface area contributed by atoms with Crippen molar-refractivity contribution in [2.75, 3.05) is 19.0 Å². The van der Waals surface area contributed by atoms with E-state index >= 15 is 0 Å². The van der Waals surface area contributed by atoms with Crippen LogP contribution in [0.15, 0.2) is 12.1 Å². The number of nitrogens with zero attached hydrogens (tertiary/aromatic N) is 1. The molecule has 0 saturated heterocycles. The van der Waals surface area contributed by atoms with Gasteiger partial charge < -0.3 is 15.4 Å². The van der Waals surface area contributed by atoms with Crippen LogP contribution in [0.5, 0.6) is 0 Å². The molecule has 1 unspecified atom stereocenters. The number of halogens is 1. The molecule has 1 aromatic rings. The lowest BCUT2D eigenvalue weighted by Gasteiger charge is -2.23. The van der Waals surface area contributed by atoms with E-state index in [1.165, 1.54) is 13.2 Å². The molecule has 0 aromatic heterocycles. The molecule has 128 valence electrons. The average Bonchev–Trinajstić information content (AvgIpc) is 3.40. The van der Waals surface area contributed by atoms with Crippen molar-refractivity contribution in [1.82, 2.24) is 5.32 Å². The molecule has 2 N–H and O–H groups in total. The molecule has 0 spiro atoms. The number of nitrogens with one attached hydrogen (secondary N) is 2. The molecule has 0 aliphatic heterocycles. The normalized spacial score (nSPS) is 15.8. The lowest BCUT2D eigenvalue weighted by Crippen LogP contribution is -2.48. The first-order valence-electron chi connectivity index (χ1n) is 7.65. The molecule has 1 aliphatic carbocycles.